The molecule has 0 saturated carbocycles. The molecule has 0 spiro atoms. The summed E-state index contributed by atoms with van der Waals surface area (Å²) in [4.78, 5) is 1.14. The summed E-state index contributed by atoms with van der Waals surface area (Å²) in [5.41, 5.74) is 1.33. The number of nitrogens with one attached hydrogen (secondary N) is 1. The van der Waals surface area contributed by atoms with Gasteiger partial charge in [0.25, 0.3) is 0 Å². The van der Waals surface area contributed by atoms with Gasteiger partial charge in [-0.3, -0.25) is 0 Å². The summed E-state index contributed by atoms with van der Waals surface area (Å²) >= 11 is 11.0. The average Bonchev–Trinajstić information content (AvgIpc) is 2.43. The predicted molar refractivity (Wildman–Crippen MR) is 87.2 cm³/mol. The third kappa shape index (κ3) is 3.20. The fourth-order valence-electron chi connectivity index (χ4n) is 2.37. The van der Waals surface area contributed by atoms with E-state index < -0.39 is 11.6 Å². The van der Waals surface area contributed by atoms with Gasteiger partial charge in [0.05, 0.1) is 11.7 Å². The van der Waals surface area contributed by atoms with Crippen molar-refractivity contribution >= 4 is 45.0 Å². The molecule has 110 valence electrons. The number of rotatable bonds is 2. The zero-order valence-corrected chi connectivity index (χ0v) is 14.0. The molecule has 0 radical (unpaired) electrons. The Bertz CT molecular complexity index is 672. The molecule has 0 saturated heterocycles. The van der Waals surface area contributed by atoms with Crippen molar-refractivity contribution in [1.82, 2.24) is 0 Å². The highest BCUT2D eigenvalue weighted by atomic mass is 79.9. The van der Waals surface area contributed by atoms with Gasteiger partial charge in [0.2, 0.25) is 0 Å². The van der Waals surface area contributed by atoms with Crippen LogP contribution in [0.1, 0.15) is 18.0 Å². The Kier molecular flexibility index (Phi) is 4.43. The number of halogens is 4. The van der Waals surface area contributed by atoms with Crippen LogP contribution in [0.4, 0.5) is 14.5 Å². The predicted octanol–water partition coefficient (Wildman–Crippen LogP) is 6.03. The van der Waals surface area contributed by atoms with Gasteiger partial charge >= 0.3 is 0 Å². The van der Waals surface area contributed by atoms with Crippen molar-refractivity contribution in [1.29, 1.82) is 0 Å². The fourth-order valence-corrected chi connectivity index (χ4v) is 4.18. The lowest BCUT2D eigenvalue weighted by Gasteiger charge is -2.27. The minimum Gasteiger partial charge on any atom is -0.375 e. The molecule has 1 aliphatic heterocycles. The van der Waals surface area contributed by atoms with Gasteiger partial charge in [0, 0.05) is 26.2 Å². The van der Waals surface area contributed by atoms with E-state index in [9.17, 15) is 8.78 Å². The molecule has 21 heavy (non-hydrogen) atoms. The van der Waals surface area contributed by atoms with E-state index >= 15 is 0 Å². The Labute approximate surface area is 139 Å². The van der Waals surface area contributed by atoms with Gasteiger partial charge in [-0.1, -0.05) is 11.6 Å². The van der Waals surface area contributed by atoms with Crippen LogP contribution in [-0.4, -0.2) is 5.75 Å². The summed E-state index contributed by atoms with van der Waals surface area (Å²) < 4.78 is 27.5. The molecule has 0 aromatic heterocycles. The maximum absolute atomic E-state index is 14.0. The molecule has 0 aliphatic carbocycles. The molecular weight excluding hydrogens is 380 g/mol. The molecule has 6 heteroatoms. The van der Waals surface area contributed by atoms with Crippen molar-refractivity contribution in [2.45, 2.75) is 17.4 Å². The molecule has 3 rings (SSSR count). The normalized spacial score (nSPS) is 17.4. The Hall–Kier alpha value is -0.780. The number of benzene rings is 2. The van der Waals surface area contributed by atoms with Crippen LogP contribution < -0.4 is 5.32 Å². The Morgan fingerprint density at radius 1 is 1.24 bits per heavy atom. The van der Waals surface area contributed by atoms with Crippen LogP contribution in [0.5, 0.6) is 0 Å². The number of hydrogen-bond acceptors (Lipinski definition) is 2. The smallest absolute Gasteiger partial charge is 0.150 e. The van der Waals surface area contributed by atoms with E-state index in [2.05, 4.69) is 21.2 Å². The van der Waals surface area contributed by atoms with E-state index in [-0.39, 0.29) is 11.7 Å². The number of fused-ring (bicyclic) bond motifs is 1. The maximum atomic E-state index is 14.0. The standard InChI is InChI=1S/C15H11BrClF2NS/c16-11-6-9(18)7-12(19)15(11)20-13-3-4-21-14-2-1-8(17)5-10(13)14/h1-2,5-7,13,20H,3-4H2. The molecule has 1 heterocycles. The van der Waals surface area contributed by atoms with Crippen LogP contribution >= 0.6 is 39.3 Å². The van der Waals surface area contributed by atoms with Gasteiger partial charge in [-0.05, 0) is 52.2 Å². The fraction of sp³-hybridized carbons (Fsp3) is 0.200. The Balaban J connectivity index is 1.96. The molecule has 2 aromatic carbocycles. The maximum Gasteiger partial charge on any atom is 0.150 e. The third-order valence-electron chi connectivity index (χ3n) is 3.34. The van der Waals surface area contributed by atoms with Crippen molar-refractivity contribution in [3.8, 4) is 0 Å². The van der Waals surface area contributed by atoms with Crippen molar-refractivity contribution in [2.75, 3.05) is 11.1 Å². The van der Waals surface area contributed by atoms with E-state index in [1.807, 2.05) is 18.2 Å². The van der Waals surface area contributed by atoms with Crippen molar-refractivity contribution in [3.63, 3.8) is 0 Å². The van der Waals surface area contributed by atoms with Crippen LogP contribution in [0.25, 0.3) is 0 Å². The minimum absolute atomic E-state index is 0.0452. The summed E-state index contributed by atoms with van der Waals surface area (Å²) in [5.74, 6) is -0.275. The lowest BCUT2D eigenvalue weighted by atomic mass is 10.0. The average molecular weight is 391 g/mol. The Morgan fingerprint density at radius 2 is 2.05 bits per heavy atom. The zero-order chi connectivity index (χ0) is 15.0. The molecule has 0 fully saturated rings. The second-order valence-electron chi connectivity index (χ2n) is 4.76. The summed E-state index contributed by atoms with van der Waals surface area (Å²) in [6.07, 6.45) is 0.848. The van der Waals surface area contributed by atoms with Crippen molar-refractivity contribution < 1.29 is 8.78 Å². The third-order valence-corrected chi connectivity index (χ3v) is 5.32. The topological polar surface area (TPSA) is 12.0 Å². The first-order valence-corrected chi connectivity index (χ1v) is 8.53. The lowest BCUT2D eigenvalue weighted by molar-refractivity contribution is 0.580. The van der Waals surface area contributed by atoms with Crippen LogP contribution in [0.15, 0.2) is 39.7 Å². The van der Waals surface area contributed by atoms with Crippen molar-refractivity contribution in [2.24, 2.45) is 0 Å². The van der Waals surface area contributed by atoms with Gasteiger partial charge in [-0.25, -0.2) is 8.78 Å². The molecule has 2 aromatic rings. The lowest BCUT2D eigenvalue weighted by Crippen LogP contribution is -2.17. The van der Waals surface area contributed by atoms with E-state index in [1.54, 1.807) is 11.8 Å². The highest BCUT2D eigenvalue weighted by Gasteiger charge is 2.23. The highest BCUT2D eigenvalue weighted by Crippen LogP contribution is 2.40. The van der Waals surface area contributed by atoms with E-state index in [1.165, 1.54) is 6.07 Å². The SMILES string of the molecule is Fc1cc(F)c(NC2CCSc3ccc(Cl)cc32)c(Br)c1. The summed E-state index contributed by atoms with van der Waals surface area (Å²) in [6.45, 7) is 0. The largest absolute Gasteiger partial charge is 0.375 e. The van der Waals surface area contributed by atoms with Crippen LogP contribution in [0.2, 0.25) is 5.02 Å². The monoisotopic (exact) mass is 389 g/mol. The van der Waals surface area contributed by atoms with Gasteiger partial charge in [-0.15, -0.1) is 11.8 Å². The summed E-state index contributed by atoms with van der Waals surface area (Å²) in [7, 11) is 0. The number of thioether (sulfide) groups is 1. The second kappa shape index (κ2) is 6.15. The Morgan fingerprint density at radius 3 is 2.81 bits per heavy atom. The molecule has 1 atom stereocenters. The zero-order valence-electron chi connectivity index (χ0n) is 10.8. The minimum atomic E-state index is -0.608. The van der Waals surface area contributed by atoms with Crippen molar-refractivity contribution in [3.05, 3.63) is 57.0 Å². The molecule has 1 unspecified atom stereocenters. The first-order valence-electron chi connectivity index (χ1n) is 6.38. The molecule has 0 bridgehead atoms. The summed E-state index contributed by atoms with van der Waals surface area (Å²) in [5, 5.41) is 3.82. The first kappa shape index (κ1) is 15.1. The second-order valence-corrected chi connectivity index (χ2v) is 7.19. The summed E-state index contributed by atoms with van der Waals surface area (Å²) in [6, 6.07) is 7.81. The van der Waals surface area contributed by atoms with Crippen LogP contribution in [-0.2, 0) is 0 Å². The van der Waals surface area contributed by atoms with E-state index in [4.69, 9.17) is 11.6 Å². The van der Waals surface area contributed by atoms with Gasteiger partial charge in [0.15, 0.2) is 0 Å². The number of anilines is 1. The molecule has 0 amide bonds. The van der Waals surface area contributed by atoms with Gasteiger partial charge in [0.1, 0.15) is 11.6 Å². The number of hydrogen-bond donors (Lipinski definition) is 1. The quantitative estimate of drug-likeness (QED) is 0.672. The van der Waals surface area contributed by atoms with Gasteiger partial charge in [-0.2, -0.15) is 0 Å². The van der Waals surface area contributed by atoms with Crippen LogP contribution in [0.3, 0.4) is 0 Å². The van der Waals surface area contributed by atoms with Gasteiger partial charge < -0.3 is 5.32 Å². The van der Waals surface area contributed by atoms with E-state index in [0.717, 1.165) is 28.7 Å². The highest BCUT2D eigenvalue weighted by molar-refractivity contribution is 9.10. The molecule has 1 N–H and O–H groups in total. The first-order chi connectivity index (χ1) is 10.0. The van der Waals surface area contributed by atoms with Crippen LogP contribution in [0, 0.1) is 11.6 Å². The molecule has 1 nitrogen and oxygen atoms in total. The molecule has 1 aliphatic rings. The molecular formula is C15H11BrClF2NS. The van der Waals surface area contributed by atoms with E-state index in [0.29, 0.717) is 9.50 Å².